The predicted molar refractivity (Wildman–Crippen MR) is 161 cm³/mol. The molecule has 1 atom stereocenters. The summed E-state index contributed by atoms with van der Waals surface area (Å²) in [7, 11) is 0. The van der Waals surface area contributed by atoms with Crippen LogP contribution in [0.2, 0.25) is 5.15 Å². The van der Waals surface area contributed by atoms with Crippen molar-refractivity contribution < 1.29 is 18.7 Å². The largest absolute Gasteiger partial charge is 0.464 e. The van der Waals surface area contributed by atoms with Gasteiger partial charge >= 0.3 is 5.97 Å². The van der Waals surface area contributed by atoms with Crippen LogP contribution in [0.15, 0.2) is 51.4 Å². The van der Waals surface area contributed by atoms with Crippen LogP contribution in [0.1, 0.15) is 55.5 Å². The number of rotatable bonds is 11. The molecule has 0 aliphatic heterocycles. The molecule has 2 aromatic carbocycles. The number of carbonyl (C=O) groups is 2. The number of hydrogen-bond acceptors (Lipinski definition) is 8. The van der Waals surface area contributed by atoms with Crippen molar-refractivity contribution in [2.45, 2.75) is 52.6 Å². The third-order valence-corrected chi connectivity index (χ3v) is 7.80. The lowest BCUT2D eigenvalue weighted by molar-refractivity contribution is -0.144. The molecule has 11 nitrogen and oxygen atoms in total. The van der Waals surface area contributed by atoms with Gasteiger partial charge in [0.15, 0.2) is 5.15 Å². The molecule has 42 heavy (non-hydrogen) atoms. The number of esters is 1. The minimum absolute atomic E-state index is 0.0839. The number of ether oxygens (including phenoxy) is 1. The Morgan fingerprint density at radius 1 is 1.19 bits per heavy atom. The number of nitrogens with zero attached hydrogens (tertiary/aromatic N) is 5. The number of imidazole rings is 1. The molecular weight excluding hydrogens is 626 g/mol. The van der Waals surface area contributed by atoms with Gasteiger partial charge in [-0.2, -0.15) is 5.21 Å². The fraction of sp³-hybridized carbons (Fsp3) is 0.310. The number of H-pyrrole nitrogens is 1. The number of carbonyl (C=O) groups excluding carboxylic acids is 2. The Hall–Kier alpha value is -4.03. The number of hydrogen-bond donors (Lipinski definition) is 2. The van der Waals surface area contributed by atoms with Gasteiger partial charge in [0.1, 0.15) is 28.9 Å². The van der Waals surface area contributed by atoms with Crippen LogP contribution in [0.25, 0.3) is 33.7 Å². The van der Waals surface area contributed by atoms with Crippen LogP contribution in [-0.2, 0) is 22.5 Å². The Morgan fingerprint density at radius 2 is 1.98 bits per heavy atom. The van der Waals surface area contributed by atoms with Gasteiger partial charge in [0.25, 0.3) is 5.91 Å². The second kappa shape index (κ2) is 12.9. The molecular formula is C29H29BrClN7O4. The van der Waals surface area contributed by atoms with E-state index in [-0.39, 0.29) is 17.5 Å². The van der Waals surface area contributed by atoms with Gasteiger partial charge in [-0.15, -0.1) is 10.2 Å². The van der Waals surface area contributed by atoms with Crippen molar-refractivity contribution in [1.29, 1.82) is 0 Å². The van der Waals surface area contributed by atoms with Crippen LogP contribution in [0, 0.1) is 0 Å². The van der Waals surface area contributed by atoms with E-state index >= 15 is 0 Å². The molecule has 13 heteroatoms. The average Bonchev–Trinajstić information content (AvgIpc) is 3.70. The maximum absolute atomic E-state index is 13.3. The number of aromatic amines is 1. The van der Waals surface area contributed by atoms with Crippen LogP contribution < -0.4 is 5.32 Å². The Balaban J connectivity index is 1.51. The van der Waals surface area contributed by atoms with E-state index < -0.39 is 17.9 Å². The van der Waals surface area contributed by atoms with Crippen molar-refractivity contribution in [2.24, 2.45) is 0 Å². The van der Waals surface area contributed by atoms with E-state index in [0.29, 0.717) is 36.0 Å². The van der Waals surface area contributed by atoms with Crippen molar-refractivity contribution in [2.75, 3.05) is 6.61 Å². The molecule has 1 amide bonds. The van der Waals surface area contributed by atoms with E-state index in [2.05, 4.69) is 53.8 Å². The molecule has 218 valence electrons. The number of aryl methyl sites for hydroxylation is 1. The SMILES string of the molecule is CCCCc1nc(Cl)c(C(=O)N[C@H](C)C(=O)OCC)n1Cc1ccc2oc(-c3ccccc3-c3nn[nH]n3)c(Br)c2c1. The Bertz CT molecular complexity index is 1730. The summed E-state index contributed by atoms with van der Waals surface area (Å²) in [5.74, 6) is 0.757. The molecule has 2 N–H and O–H groups in total. The fourth-order valence-electron chi connectivity index (χ4n) is 4.69. The van der Waals surface area contributed by atoms with Gasteiger partial charge in [-0.05, 0) is 59.1 Å². The summed E-state index contributed by atoms with van der Waals surface area (Å²) in [4.78, 5) is 30.0. The Labute approximate surface area is 255 Å². The molecule has 0 radical (unpaired) electrons. The van der Waals surface area contributed by atoms with Crippen LogP contribution in [-0.4, -0.2) is 54.7 Å². The molecule has 0 saturated heterocycles. The number of fused-ring (bicyclic) bond motifs is 1. The molecule has 0 unspecified atom stereocenters. The number of amides is 1. The van der Waals surface area contributed by atoms with Crippen molar-refractivity contribution in [3.05, 3.63) is 69.2 Å². The third-order valence-electron chi connectivity index (χ3n) is 6.75. The highest BCUT2D eigenvalue weighted by atomic mass is 79.9. The van der Waals surface area contributed by atoms with Crippen molar-refractivity contribution in [3.8, 4) is 22.7 Å². The molecule has 3 aromatic heterocycles. The first-order chi connectivity index (χ1) is 20.3. The van der Waals surface area contributed by atoms with Crippen LogP contribution in [0.5, 0.6) is 0 Å². The topological polar surface area (TPSA) is 141 Å². The summed E-state index contributed by atoms with van der Waals surface area (Å²) in [5, 5.41) is 18.1. The van der Waals surface area contributed by atoms with Gasteiger partial charge in [0.2, 0.25) is 5.82 Å². The maximum Gasteiger partial charge on any atom is 0.328 e. The van der Waals surface area contributed by atoms with Crippen LogP contribution in [0.3, 0.4) is 0 Å². The lowest BCUT2D eigenvalue weighted by Gasteiger charge is -2.15. The highest BCUT2D eigenvalue weighted by molar-refractivity contribution is 9.10. The predicted octanol–water partition coefficient (Wildman–Crippen LogP) is 5.96. The molecule has 0 aliphatic rings. The third kappa shape index (κ3) is 5.95. The smallest absolute Gasteiger partial charge is 0.328 e. The number of tetrazole rings is 1. The molecule has 0 spiro atoms. The molecule has 0 aliphatic carbocycles. The summed E-state index contributed by atoms with van der Waals surface area (Å²) in [6.07, 6.45) is 2.47. The van der Waals surface area contributed by atoms with E-state index in [4.69, 9.17) is 20.8 Å². The normalized spacial score (nSPS) is 12.0. The Kier molecular flexibility index (Phi) is 9.03. The average molecular weight is 655 g/mol. The van der Waals surface area contributed by atoms with E-state index in [1.165, 1.54) is 0 Å². The monoisotopic (exact) mass is 653 g/mol. The first-order valence-electron chi connectivity index (χ1n) is 13.6. The second-order valence-electron chi connectivity index (χ2n) is 9.66. The first kappa shape index (κ1) is 29.5. The first-order valence-corrected chi connectivity index (χ1v) is 14.8. The van der Waals surface area contributed by atoms with Gasteiger partial charge in [-0.3, -0.25) is 4.79 Å². The number of aromatic nitrogens is 6. The van der Waals surface area contributed by atoms with E-state index in [9.17, 15) is 9.59 Å². The summed E-state index contributed by atoms with van der Waals surface area (Å²) in [6.45, 7) is 5.92. The Morgan fingerprint density at radius 3 is 2.69 bits per heavy atom. The summed E-state index contributed by atoms with van der Waals surface area (Å²) < 4.78 is 13.9. The molecule has 0 fully saturated rings. The summed E-state index contributed by atoms with van der Waals surface area (Å²) in [6, 6.07) is 12.6. The number of halogens is 2. The second-order valence-corrected chi connectivity index (χ2v) is 10.8. The number of nitrogens with one attached hydrogen (secondary N) is 2. The highest BCUT2D eigenvalue weighted by Crippen LogP contribution is 2.41. The summed E-state index contributed by atoms with van der Waals surface area (Å²) in [5.41, 5.74) is 3.36. The van der Waals surface area contributed by atoms with Gasteiger partial charge in [-0.25, -0.2) is 9.78 Å². The summed E-state index contributed by atoms with van der Waals surface area (Å²) >= 11 is 10.3. The van der Waals surface area contributed by atoms with Crippen LogP contribution >= 0.6 is 27.5 Å². The lowest BCUT2D eigenvalue weighted by atomic mass is 10.0. The van der Waals surface area contributed by atoms with Gasteiger partial charge in [-0.1, -0.05) is 55.3 Å². The zero-order chi connectivity index (χ0) is 29.8. The quantitative estimate of drug-likeness (QED) is 0.166. The van der Waals surface area contributed by atoms with Crippen LogP contribution in [0.4, 0.5) is 0 Å². The maximum atomic E-state index is 13.3. The molecule has 3 heterocycles. The van der Waals surface area contributed by atoms with Gasteiger partial charge in [0.05, 0.1) is 11.1 Å². The number of benzene rings is 2. The van der Waals surface area contributed by atoms with Gasteiger partial charge in [0, 0.05) is 29.5 Å². The fourth-order valence-corrected chi connectivity index (χ4v) is 5.58. The van der Waals surface area contributed by atoms with E-state index in [1.54, 1.807) is 13.8 Å². The number of furan rings is 1. The zero-order valence-corrected chi connectivity index (χ0v) is 25.6. The van der Waals surface area contributed by atoms with E-state index in [0.717, 1.165) is 39.4 Å². The molecule has 5 aromatic rings. The highest BCUT2D eigenvalue weighted by Gasteiger charge is 2.26. The van der Waals surface area contributed by atoms with Gasteiger partial charge < -0.3 is 19.0 Å². The molecule has 0 saturated carbocycles. The van der Waals surface area contributed by atoms with Crippen molar-refractivity contribution in [1.82, 2.24) is 35.5 Å². The number of unbranched alkanes of at least 4 members (excludes halogenated alkanes) is 1. The van der Waals surface area contributed by atoms with Crippen molar-refractivity contribution >= 4 is 50.4 Å². The minimum Gasteiger partial charge on any atom is -0.464 e. The minimum atomic E-state index is -0.844. The lowest BCUT2D eigenvalue weighted by Crippen LogP contribution is -2.40. The molecule has 0 bridgehead atoms. The van der Waals surface area contributed by atoms with E-state index in [1.807, 2.05) is 47.0 Å². The molecule has 5 rings (SSSR count). The standard InChI is InChI=1S/C29H29BrClN7O4/c1-4-6-11-22-33-26(31)24(28(39)32-16(3)29(40)41-5-2)38(22)15-17-12-13-21-20(14-17)23(30)25(42-21)18-9-7-8-10-19(18)27-34-36-37-35-27/h7-10,12-14,16H,4-6,11,15H2,1-3H3,(H,32,39)(H,34,35,36,37)/t16-/m1/s1. The van der Waals surface area contributed by atoms with Crippen molar-refractivity contribution in [3.63, 3.8) is 0 Å². The zero-order valence-electron chi connectivity index (χ0n) is 23.3.